The van der Waals surface area contributed by atoms with Gasteiger partial charge in [-0.3, -0.25) is 0 Å². The normalized spacial score (nSPS) is 10.1. The van der Waals surface area contributed by atoms with Gasteiger partial charge in [0.25, 0.3) is 0 Å². The lowest BCUT2D eigenvalue weighted by Gasteiger charge is -2.09. The maximum absolute atomic E-state index is 11.6. The molecular weight excluding hydrogens is 296 g/mol. The second-order valence-corrected chi connectivity index (χ2v) is 4.96. The molecule has 0 saturated heterocycles. The molecule has 0 saturated carbocycles. The summed E-state index contributed by atoms with van der Waals surface area (Å²) in [7, 11) is 0. The highest BCUT2D eigenvalue weighted by Crippen LogP contribution is 2.07. The van der Waals surface area contributed by atoms with Gasteiger partial charge in [0.2, 0.25) is 0 Å². The van der Waals surface area contributed by atoms with Gasteiger partial charge in [-0.15, -0.1) is 0 Å². The van der Waals surface area contributed by atoms with Crippen LogP contribution in [0.5, 0.6) is 5.75 Å². The van der Waals surface area contributed by atoms with Crippen molar-refractivity contribution in [1.29, 1.82) is 0 Å². The molecule has 1 aromatic carbocycles. The van der Waals surface area contributed by atoms with E-state index in [1.807, 2.05) is 37.3 Å². The molecule has 1 rings (SSSR count). The van der Waals surface area contributed by atoms with Gasteiger partial charge in [0.05, 0.1) is 32.0 Å². The highest BCUT2D eigenvalue weighted by molar-refractivity contribution is 5.87. The fraction of sp³-hybridized carbons (Fsp3) is 0.389. The fourth-order valence-electron chi connectivity index (χ4n) is 1.54. The molecule has 0 heterocycles. The summed E-state index contributed by atoms with van der Waals surface area (Å²) in [6.45, 7) is 11.1. The zero-order valence-electron chi connectivity index (χ0n) is 13.6. The van der Waals surface area contributed by atoms with Crippen molar-refractivity contribution in [3.05, 3.63) is 54.6 Å². The minimum Gasteiger partial charge on any atom is -0.491 e. The maximum atomic E-state index is 11.6. The molecule has 5 heteroatoms. The number of carbonyl (C=O) groups is 1. The molecule has 0 radical (unpaired) electrons. The van der Waals surface area contributed by atoms with E-state index in [4.69, 9.17) is 18.9 Å². The van der Waals surface area contributed by atoms with Crippen LogP contribution in [0.3, 0.4) is 0 Å². The third kappa shape index (κ3) is 9.50. The number of esters is 1. The molecule has 126 valence electrons. The van der Waals surface area contributed by atoms with Crippen LogP contribution in [0.2, 0.25) is 0 Å². The summed E-state index contributed by atoms with van der Waals surface area (Å²) in [5.74, 6) is 0.324. The average Bonchev–Trinajstić information content (AvgIpc) is 2.54. The Labute approximate surface area is 137 Å². The highest BCUT2D eigenvalue weighted by Gasteiger charge is 2.08. The van der Waals surface area contributed by atoms with Crippen molar-refractivity contribution >= 4 is 5.97 Å². The van der Waals surface area contributed by atoms with Crippen molar-refractivity contribution in [2.24, 2.45) is 0 Å². The van der Waals surface area contributed by atoms with E-state index < -0.39 is 5.97 Å². The zero-order chi connectivity index (χ0) is 16.9. The van der Waals surface area contributed by atoms with Crippen molar-refractivity contribution in [2.75, 3.05) is 39.6 Å². The van der Waals surface area contributed by atoms with Crippen molar-refractivity contribution in [2.45, 2.75) is 6.92 Å². The van der Waals surface area contributed by atoms with E-state index in [1.54, 1.807) is 0 Å². The molecule has 0 bridgehead atoms. The van der Waals surface area contributed by atoms with Crippen LogP contribution in [0.1, 0.15) is 6.92 Å². The standard InChI is InChI=1S/C18H24O5/c1-15(2)13-21-14-16(3)18(19)23-12-10-20-9-11-22-17-7-5-4-6-8-17/h4-8H,1,3,9-14H2,2H3. The summed E-state index contributed by atoms with van der Waals surface area (Å²) in [6, 6.07) is 9.49. The Morgan fingerprint density at radius 2 is 1.65 bits per heavy atom. The molecule has 5 nitrogen and oxygen atoms in total. The van der Waals surface area contributed by atoms with Crippen LogP contribution in [0, 0.1) is 0 Å². The molecule has 0 aliphatic heterocycles. The monoisotopic (exact) mass is 320 g/mol. The van der Waals surface area contributed by atoms with Gasteiger partial charge in [0.15, 0.2) is 0 Å². The minimum atomic E-state index is -0.476. The molecule has 0 atom stereocenters. The highest BCUT2D eigenvalue weighted by atomic mass is 16.6. The van der Waals surface area contributed by atoms with Gasteiger partial charge in [0, 0.05) is 0 Å². The second-order valence-electron chi connectivity index (χ2n) is 4.96. The number of para-hydroxylation sites is 1. The molecule has 0 unspecified atom stereocenters. The first kappa shape index (κ1) is 18.9. The first-order valence-corrected chi connectivity index (χ1v) is 7.42. The van der Waals surface area contributed by atoms with Crippen molar-refractivity contribution in [3.8, 4) is 5.75 Å². The predicted molar refractivity (Wildman–Crippen MR) is 88.5 cm³/mol. The van der Waals surface area contributed by atoms with Gasteiger partial charge in [-0.25, -0.2) is 4.79 Å². The molecule has 0 aromatic heterocycles. The molecular formula is C18H24O5. The first-order valence-electron chi connectivity index (χ1n) is 7.42. The second kappa shape index (κ2) is 11.5. The molecule has 23 heavy (non-hydrogen) atoms. The van der Waals surface area contributed by atoms with Gasteiger partial charge in [-0.2, -0.15) is 0 Å². The lowest BCUT2D eigenvalue weighted by molar-refractivity contribution is -0.141. The average molecular weight is 320 g/mol. The van der Waals surface area contributed by atoms with Gasteiger partial charge >= 0.3 is 5.97 Å². The summed E-state index contributed by atoms with van der Waals surface area (Å²) < 4.78 is 21.0. The predicted octanol–water partition coefficient (Wildman–Crippen LogP) is 2.77. The van der Waals surface area contributed by atoms with E-state index in [0.717, 1.165) is 11.3 Å². The van der Waals surface area contributed by atoms with E-state index in [9.17, 15) is 4.79 Å². The van der Waals surface area contributed by atoms with Crippen LogP contribution in [-0.4, -0.2) is 45.6 Å². The largest absolute Gasteiger partial charge is 0.491 e. The third-order valence-corrected chi connectivity index (χ3v) is 2.61. The Balaban J connectivity index is 1.98. The molecule has 1 aromatic rings. The summed E-state index contributed by atoms with van der Waals surface area (Å²) in [5.41, 5.74) is 1.16. The summed E-state index contributed by atoms with van der Waals surface area (Å²) in [6.07, 6.45) is 0. The molecule has 0 N–H and O–H groups in total. The zero-order valence-corrected chi connectivity index (χ0v) is 13.6. The van der Waals surface area contributed by atoms with E-state index in [2.05, 4.69) is 13.2 Å². The quantitative estimate of drug-likeness (QED) is 0.256. The SMILES string of the molecule is C=C(C)COCC(=C)C(=O)OCCOCCOc1ccccc1. The van der Waals surface area contributed by atoms with Gasteiger partial charge in [-0.05, 0) is 19.1 Å². The van der Waals surface area contributed by atoms with Gasteiger partial charge in [0.1, 0.15) is 19.0 Å². The maximum Gasteiger partial charge on any atom is 0.335 e. The topological polar surface area (TPSA) is 54.0 Å². The Kier molecular flexibility index (Phi) is 9.43. The Hall–Kier alpha value is -2.11. The molecule has 0 amide bonds. The fourth-order valence-corrected chi connectivity index (χ4v) is 1.54. The lowest BCUT2D eigenvalue weighted by Crippen LogP contribution is -2.16. The Bertz CT molecular complexity index is 495. The van der Waals surface area contributed by atoms with Crippen LogP contribution in [0.15, 0.2) is 54.6 Å². The van der Waals surface area contributed by atoms with Crippen LogP contribution in [0.25, 0.3) is 0 Å². The third-order valence-electron chi connectivity index (χ3n) is 2.61. The number of benzene rings is 1. The Morgan fingerprint density at radius 1 is 0.957 bits per heavy atom. The molecule has 0 fully saturated rings. The van der Waals surface area contributed by atoms with Gasteiger partial charge in [-0.1, -0.05) is 36.9 Å². The summed E-state index contributed by atoms with van der Waals surface area (Å²) in [5, 5.41) is 0. The molecule has 0 aliphatic rings. The number of ether oxygens (including phenoxy) is 4. The Morgan fingerprint density at radius 3 is 2.35 bits per heavy atom. The van der Waals surface area contributed by atoms with Crippen LogP contribution in [0.4, 0.5) is 0 Å². The number of rotatable bonds is 12. The van der Waals surface area contributed by atoms with Crippen LogP contribution in [-0.2, 0) is 19.0 Å². The first-order chi connectivity index (χ1) is 11.1. The van der Waals surface area contributed by atoms with E-state index in [-0.39, 0.29) is 18.8 Å². The summed E-state index contributed by atoms with van der Waals surface area (Å²) in [4.78, 5) is 11.6. The van der Waals surface area contributed by atoms with Crippen molar-refractivity contribution < 1.29 is 23.7 Å². The van der Waals surface area contributed by atoms with Crippen molar-refractivity contribution in [1.82, 2.24) is 0 Å². The summed E-state index contributed by atoms with van der Waals surface area (Å²) >= 11 is 0. The lowest BCUT2D eigenvalue weighted by atomic mass is 10.3. The van der Waals surface area contributed by atoms with Crippen molar-refractivity contribution in [3.63, 3.8) is 0 Å². The molecule has 0 spiro atoms. The number of carbonyl (C=O) groups excluding carboxylic acids is 1. The van der Waals surface area contributed by atoms with E-state index in [0.29, 0.717) is 26.4 Å². The van der Waals surface area contributed by atoms with Crippen LogP contribution < -0.4 is 4.74 Å². The van der Waals surface area contributed by atoms with Gasteiger partial charge < -0.3 is 18.9 Å². The number of hydrogen-bond acceptors (Lipinski definition) is 5. The molecule has 0 aliphatic carbocycles. The number of hydrogen-bond donors (Lipinski definition) is 0. The minimum absolute atomic E-state index is 0.136. The smallest absolute Gasteiger partial charge is 0.335 e. The van der Waals surface area contributed by atoms with Crippen LogP contribution >= 0.6 is 0 Å². The van der Waals surface area contributed by atoms with E-state index >= 15 is 0 Å². The van der Waals surface area contributed by atoms with E-state index in [1.165, 1.54) is 0 Å².